The summed E-state index contributed by atoms with van der Waals surface area (Å²) in [6.07, 6.45) is -3.01. The van der Waals surface area contributed by atoms with Crippen molar-refractivity contribution in [3.8, 4) is 0 Å². The molecule has 13 heteroatoms. The third-order valence-corrected chi connectivity index (χ3v) is 8.45. The first kappa shape index (κ1) is 24.4. The average molecular weight is 447 g/mol. The monoisotopic (exact) mass is 447 g/mol. The van der Waals surface area contributed by atoms with Crippen LogP contribution in [0.1, 0.15) is 27.7 Å². The van der Waals surface area contributed by atoms with Gasteiger partial charge < -0.3 is 28.0 Å². The topological polar surface area (TPSA) is 120 Å². The molecule has 2 heterocycles. The highest BCUT2D eigenvalue weighted by Crippen LogP contribution is 2.59. The Balaban J connectivity index is 2.42. The summed E-state index contributed by atoms with van der Waals surface area (Å²) in [5.74, 6) is -2.15. The van der Waals surface area contributed by atoms with E-state index in [1.807, 2.05) is 0 Å². The van der Waals surface area contributed by atoms with Gasteiger partial charge in [-0.15, -0.1) is 0 Å². The van der Waals surface area contributed by atoms with Crippen molar-refractivity contribution in [2.75, 3.05) is 34.5 Å². The van der Waals surface area contributed by atoms with E-state index in [-0.39, 0.29) is 13.2 Å². The van der Waals surface area contributed by atoms with Crippen molar-refractivity contribution in [3.05, 3.63) is 0 Å². The van der Waals surface area contributed by atoms with E-state index in [0.29, 0.717) is 0 Å². The van der Waals surface area contributed by atoms with Crippen LogP contribution in [0.3, 0.4) is 0 Å². The molecule has 1 unspecified atom stereocenters. The minimum absolute atomic E-state index is 0.103. The van der Waals surface area contributed by atoms with Gasteiger partial charge in [-0.25, -0.2) is 9.65 Å². The van der Waals surface area contributed by atoms with Gasteiger partial charge in [0.15, 0.2) is 12.1 Å². The van der Waals surface area contributed by atoms with Crippen LogP contribution in [0.4, 0.5) is 0 Å². The van der Waals surface area contributed by atoms with Crippen LogP contribution in [0, 0.1) is 0 Å². The van der Waals surface area contributed by atoms with Gasteiger partial charge in [0.2, 0.25) is 0 Å². The molecular formula is C15H31NO10P2. The zero-order chi connectivity index (χ0) is 21.2. The number of hydrogen-bond donors (Lipinski definition) is 1. The fourth-order valence-corrected chi connectivity index (χ4v) is 6.84. The molecule has 0 aromatic heterocycles. The van der Waals surface area contributed by atoms with Crippen LogP contribution in [0.2, 0.25) is 0 Å². The first-order chi connectivity index (χ1) is 13.1. The molecule has 0 aliphatic carbocycles. The fraction of sp³-hybridized carbons (Fsp3) is 1.00. The summed E-state index contributed by atoms with van der Waals surface area (Å²) >= 11 is 0. The SMILES string of the molecule is CCOP(=O)(NC([C@H]1O[C@@H](OC)[C@@H]2OC(C)(C)O[C@@H]21)P(=O)(OC)OC)OCC. The predicted octanol–water partition coefficient (Wildman–Crippen LogP) is 2.46. The predicted molar refractivity (Wildman–Crippen MR) is 98.9 cm³/mol. The van der Waals surface area contributed by atoms with Gasteiger partial charge in [-0.05, 0) is 27.7 Å². The van der Waals surface area contributed by atoms with E-state index in [1.54, 1.807) is 27.7 Å². The van der Waals surface area contributed by atoms with E-state index in [4.69, 9.17) is 37.0 Å². The maximum Gasteiger partial charge on any atom is 0.406 e. The molecule has 0 radical (unpaired) electrons. The molecule has 2 saturated heterocycles. The number of fused-ring (bicyclic) bond motifs is 1. The zero-order valence-corrected chi connectivity index (χ0v) is 19.1. The van der Waals surface area contributed by atoms with E-state index in [1.165, 1.54) is 21.3 Å². The van der Waals surface area contributed by atoms with Crippen LogP contribution < -0.4 is 5.09 Å². The summed E-state index contributed by atoms with van der Waals surface area (Å²) in [5, 5.41) is 2.68. The zero-order valence-electron chi connectivity index (χ0n) is 17.3. The van der Waals surface area contributed by atoms with Gasteiger partial charge in [-0.2, -0.15) is 0 Å². The second kappa shape index (κ2) is 9.49. The molecule has 2 aliphatic rings. The summed E-state index contributed by atoms with van der Waals surface area (Å²) in [7, 11) is -3.81. The highest BCUT2D eigenvalue weighted by atomic mass is 31.2. The maximum absolute atomic E-state index is 13.3. The Bertz CT molecular complexity index is 600. The molecule has 2 rings (SSSR count). The van der Waals surface area contributed by atoms with Crippen molar-refractivity contribution in [1.29, 1.82) is 0 Å². The summed E-state index contributed by atoms with van der Waals surface area (Å²) in [6, 6.07) is 0. The molecule has 0 amide bonds. The third kappa shape index (κ3) is 5.04. The second-order valence-corrected chi connectivity index (χ2v) is 10.7. The maximum atomic E-state index is 13.3. The van der Waals surface area contributed by atoms with Crippen LogP contribution >= 0.6 is 15.3 Å². The van der Waals surface area contributed by atoms with Gasteiger partial charge in [-0.1, -0.05) is 0 Å². The van der Waals surface area contributed by atoms with Crippen molar-refractivity contribution in [2.24, 2.45) is 0 Å². The number of methoxy groups -OCH3 is 1. The molecule has 11 nitrogen and oxygen atoms in total. The van der Waals surface area contributed by atoms with Crippen LogP contribution in [-0.4, -0.2) is 70.7 Å². The largest absolute Gasteiger partial charge is 0.406 e. The average Bonchev–Trinajstić information content (AvgIpc) is 3.12. The second-order valence-electron chi connectivity index (χ2n) is 6.58. The lowest BCUT2D eigenvalue weighted by Crippen LogP contribution is -2.46. The van der Waals surface area contributed by atoms with Crippen LogP contribution in [-0.2, 0) is 46.2 Å². The summed E-state index contributed by atoms with van der Waals surface area (Å²) in [4.78, 5) is 0. The summed E-state index contributed by atoms with van der Waals surface area (Å²) < 4.78 is 70.3. The lowest BCUT2D eigenvalue weighted by Gasteiger charge is -2.34. The number of ether oxygens (including phenoxy) is 4. The first-order valence-electron chi connectivity index (χ1n) is 9.00. The van der Waals surface area contributed by atoms with Gasteiger partial charge in [0.05, 0.1) is 13.2 Å². The van der Waals surface area contributed by atoms with Crippen molar-refractivity contribution in [1.82, 2.24) is 5.09 Å². The van der Waals surface area contributed by atoms with E-state index in [2.05, 4.69) is 5.09 Å². The molecule has 5 atom stereocenters. The number of nitrogens with one attached hydrogen (secondary N) is 1. The Morgan fingerprint density at radius 1 is 1.00 bits per heavy atom. The van der Waals surface area contributed by atoms with E-state index in [0.717, 1.165) is 0 Å². The lowest BCUT2D eigenvalue weighted by atomic mass is 10.1. The normalized spacial score (nSPS) is 31.1. The van der Waals surface area contributed by atoms with Crippen molar-refractivity contribution in [3.63, 3.8) is 0 Å². The molecule has 0 spiro atoms. The molecule has 2 fully saturated rings. The van der Waals surface area contributed by atoms with Gasteiger partial charge >= 0.3 is 15.3 Å². The molecule has 166 valence electrons. The summed E-state index contributed by atoms with van der Waals surface area (Å²) in [6.45, 7) is 7.02. The third-order valence-electron chi connectivity index (χ3n) is 4.33. The lowest BCUT2D eigenvalue weighted by molar-refractivity contribution is -0.227. The minimum atomic E-state index is -3.87. The van der Waals surface area contributed by atoms with E-state index in [9.17, 15) is 9.13 Å². The highest BCUT2D eigenvalue weighted by molar-refractivity contribution is 7.57. The van der Waals surface area contributed by atoms with Crippen LogP contribution in [0.25, 0.3) is 0 Å². The van der Waals surface area contributed by atoms with Gasteiger partial charge in [-0.3, -0.25) is 13.6 Å². The number of rotatable bonds is 11. The van der Waals surface area contributed by atoms with Crippen molar-refractivity contribution < 1.29 is 46.2 Å². The smallest absolute Gasteiger partial charge is 0.353 e. The van der Waals surface area contributed by atoms with E-state index < -0.39 is 51.5 Å². The summed E-state index contributed by atoms with van der Waals surface area (Å²) in [5.41, 5.74) is 0. The Morgan fingerprint density at radius 3 is 2.00 bits per heavy atom. The molecule has 28 heavy (non-hydrogen) atoms. The number of hydrogen-bond acceptors (Lipinski definition) is 10. The Morgan fingerprint density at radius 2 is 1.54 bits per heavy atom. The standard InChI is InChI=1S/C15H31NO10P2/c1-8-22-28(18,23-9-2)16-13(27(17,20-6)21-7)11-10-12(14(19-5)24-11)26-15(3,4)25-10/h10-14H,8-9H2,1-7H3,(H,16,18)/t10-,11+,12-,13?,14-/m1/s1. The molecule has 1 N–H and O–H groups in total. The molecular weight excluding hydrogens is 416 g/mol. The fourth-order valence-electron chi connectivity index (χ4n) is 3.27. The Hall–Kier alpha value is 0.1000. The molecule has 0 aromatic rings. The highest BCUT2D eigenvalue weighted by Gasteiger charge is 2.61. The minimum Gasteiger partial charge on any atom is -0.353 e. The molecule has 2 aliphatic heterocycles. The Labute approximate surface area is 165 Å². The first-order valence-corrected chi connectivity index (χ1v) is 12.2. The van der Waals surface area contributed by atoms with Crippen LogP contribution in [0.15, 0.2) is 0 Å². The van der Waals surface area contributed by atoms with Gasteiger partial charge in [0.25, 0.3) is 0 Å². The van der Waals surface area contributed by atoms with E-state index >= 15 is 0 Å². The van der Waals surface area contributed by atoms with Crippen LogP contribution in [0.5, 0.6) is 0 Å². The molecule has 0 aromatic carbocycles. The van der Waals surface area contributed by atoms with Gasteiger partial charge in [0, 0.05) is 21.3 Å². The molecule has 0 saturated carbocycles. The molecule has 0 bridgehead atoms. The quantitative estimate of drug-likeness (QED) is 0.470. The van der Waals surface area contributed by atoms with Crippen molar-refractivity contribution in [2.45, 2.75) is 63.9 Å². The van der Waals surface area contributed by atoms with Gasteiger partial charge in [0.1, 0.15) is 24.1 Å². The van der Waals surface area contributed by atoms with Crippen molar-refractivity contribution >= 4 is 15.3 Å². The Kier molecular flexibility index (Phi) is 8.26.